The van der Waals surface area contributed by atoms with Crippen LogP contribution in [0.3, 0.4) is 0 Å². The van der Waals surface area contributed by atoms with E-state index in [-0.39, 0.29) is 16.9 Å². The minimum absolute atomic E-state index is 0.244. The van der Waals surface area contributed by atoms with Crippen LogP contribution in [0.2, 0.25) is 0 Å². The average Bonchev–Trinajstić information content (AvgIpc) is 3.30. The number of rotatable bonds is 4. The van der Waals surface area contributed by atoms with Crippen LogP contribution in [0.4, 0.5) is 26.3 Å². The van der Waals surface area contributed by atoms with Crippen molar-refractivity contribution in [2.75, 3.05) is 0 Å². The molecule has 0 amide bonds. The highest BCUT2D eigenvalue weighted by Gasteiger charge is 2.80. The molecule has 180 valence electrons. The predicted octanol–water partition coefficient (Wildman–Crippen LogP) is 9.69. The van der Waals surface area contributed by atoms with Crippen molar-refractivity contribution in [2.24, 2.45) is 0 Å². The van der Waals surface area contributed by atoms with Crippen LogP contribution in [0.25, 0.3) is 32.7 Å². The van der Waals surface area contributed by atoms with Crippen molar-refractivity contribution in [1.82, 2.24) is 0 Å². The van der Waals surface area contributed by atoms with Crippen molar-refractivity contribution in [1.29, 1.82) is 0 Å². The van der Waals surface area contributed by atoms with Crippen molar-refractivity contribution in [3.05, 3.63) is 94.5 Å². The summed E-state index contributed by atoms with van der Waals surface area (Å²) in [5, 5.41) is -0.244. The molecule has 0 saturated carbocycles. The minimum atomic E-state index is -5.56. The molecule has 1 heterocycles. The third kappa shape index (κ3) is 3.35. The van der Waals surface area contributed by atoms with E-state index in [1.54, 1.807) is 74.5 Å². The Morgan fingerprint density at radius 2 is 1.31 bits per heavy atom. The Balaban J connectivity index is 1.92. The predicted molar refractivity (Wildman–Crippen MR) is 129 cm³/mol. The molecule has 0 bridgehead atoms. The summed E-state index contributed by atoms with van der Waals surface area (Å²) in [6, 6.07) is 18.8. The first kappa shape index (κ1) is 23.7. The third-order valence-corrected chi connectivity index (χ3v) is 7.57. The standard InChI is InChI=1S/C28H20F6S/c1-16(2)22-19(14-13-17-9-5-3-6-10-17)23-24(27(31,32)28(33,34)26(23,29)30)20-15-21(35-25(20)22)18-11-7-4-8-12-18/h3-16H,1-2H3/b14-13-. The van der Waals surface area contributed by atoms with E-state index in [0.29, 0.717) is 26.3 Å². The van der Waals surface area contributed by atoms with E-state index in [9.17, 15) is 8.78 Å². The number of thiophene rings is 1. The van der Waals surface area contributed by atoms with Crippen LogP contribution in [-0.4, -0.2) is 5.92 Å². The first-order chi connectivity index (χ1) is 16.5. The molecule has 1 aliphatic rings. The Bertz CT molecular complexity index is 1430. The van der Waals surface area contributed by atoms with E-state index in [2.05, 4.69) is 0 Å². The van der Waals surface area contributed by atoms with Crippen molar-refractivity contribution in [2.45, 2.75) is 37.5 Å². The lowest BCUT2D eigenvalue weighted by molar-refractivity contribution is -0.302. The summed E-state index contributed by atoms with van der Waals surface area (Å²) in [5.74, 6) is -16.0. The summed E-state index contributed by atoms with van der Waals surface area (Å²) in [6.07, 6.45) is 2.76. The zero-order valence-corrected chi connectivity index (χ0v) is 19.6. The van der Waals surface area contributed by atoms with Crippen LogP contribution in [0.1, 0.15) is 47.6 Å². The van der Waals surface area contributed by atoms with Crippen LogP contribution in [0, 0.1) is 0 Å². The number of alkyl halides is 6. The highest BCUT2D eigenvalue weighted by molar-refractivity contribution is 7.22. The van der Waals surface area contributed by atoms with E-state index < -0.39 is 28.9 Å². The van der Waals surface area contributed by atoms with Crippen molar-refractivity contribution >= 4 is 33.6 Å². The molecule has 0 saturated heterocycles. The van der Waals surface area contributed by atoms with Gasteiger partial charge in [0.05, 0.1) is 0 Å². The average molecular weight is 503 g/mol. The van der Waals surface area contributed by atoms with Gasteiger partial charge in [0.2, 0.25) is 0 Å². The highest BCUT2D eigenvalue weighted by Crippen LogP contribution is 2.66. The molecular formula is C28H20F6S. The van der Waals surface area contributed by atoms with Crippen LogP contribution < -0.4 is 0 Å². The minimum Gasteiger partial charge on any atom is -0.194 e. The molecule has 0 unspecified atom stereocenters. The molecule has 0 aliphatic heterocycles. The lowest BCUT2D eigenvalue weighted by Gasteiger charge is -2.24. The molecule has 1 aliphatic carbocycles. The normalized spacial score (nSPS) is 18.0. The van der Waals surface area contributed by atoms with Crippen LogP contribution in [0.15, 0.2) is 66.7 Å². The molecule has 1 aromatic heterocycles. The number of benzene rings is 3. The Hall–Kier alpha value is -3.06. The molecule has 5 rings (SSSR count). The third-order valence-electron chi connectivity index (χ3n) is 6.35. The fraction of sp³-hybridized carbons (Fsp3) is 0.214. The first-order valence-corrected chi connectivity index (χ1v) is 11.9. The fourth-order valence-electron chi connectivity index (χ4n) is 4.70. The zero-order valence-electron chi connectivity index (χ0n) is 18.8. The molecule has 4 aromatic rings. The van der Waals surface area contributed by atoms with Crippen molar-refractivity contribution in [3.8, 4) is 10.4 Å². The van der Waals surface area contributed by atoms with Gasteiger partial charge < -0.3 is 0 Å². The molecule has 3 aromatic carbocycles. The maximum Gasteiger partial charge on any atom is 0.380 e. The molecule has 0 radical (unpaired) electrons. The molecule has 35 heavy (non-hydrogen) atoms. The largest absolute Gasteiger partial charge is 0.380 e. The second-order valence-electron chi connectivity index (χ2n) is 8.92. The van der Waals surface area contributed by atoms with Gasteiger partial charge in [0.1, 0.15) is 0 Å². The van der Waals surface area contributed by atoms with Gasteiger partial charge in [-0.05, 0) is 34.2 Å². The van der Waals surface area contributed by atoms with E-state index >= 15 is 17.6 Å². The second kappa shape index (κ2) is 7.98. The van der Waals surface area contributed by atoms with E-state index in [1.165, 1.54) is 18.2 Å². The van der Waals surface area contributed by atoms with Gasteiger partial charge in [-0.3, -0.25) is 0 Å². The van der Waals surface area contributed by atoms with Crippen molar-refractivity contribution in [3.63, 3.8) is 0 Å². The van der Waals surface area contributed by atoms with Crippen LogP contribution >= 0.6 is 11.3 Å². The van der Waals surface area contributed by atoms with Gasteiger partial charge in [-0.25, -0.2) is 0 Å². The quantitative estimate of drug-likeness (QED) is 0.192. The van der Waals surface area contributed by atoms with E-state index in [0.717, 1.165) is 11.3 Å². The van der Waals surface area contributed by atoms with Gasteiger partial charge in [0, 0.05) is 26.1 Å². The van der Waals surface area contributed by atoms with Gasteiger partial charge in [-0.15, -0.1) is 11.3 Å². The molecule has 0 spiro atoms. The van der Waals surface area contributed by atoms with E-state index in [4.69, 9.17) is 0 Å². The summed E-state index contributed by atoms with van der Waals surface area (Å²) in [7, 11) is 0. The molecule has 0 N–H and O–H groups in total. The lowest BCUT2D eigenvalue weighted by Crippen LogP contribution is -2.43. The Labute approximate surface area is 202 Å². The summed E-state index contributed by atoms with van der Waals surface area (Å²) in [4.78, 5) is 0.545. The first-order valence-electron chi connectivity index (χ1n) is 11.0. The Morgan fingerprint density at radius 3 is 1.91 bits per heavy atom. The van der Waals surface area contributed by atoms with Crippen molar-refractivity contribution < 1.29 is 26.3 Å². The van der Waals surface area contributed by atoms with Gasteiger partial charge in [0.15, 0.2) is 0 Å². The van der Waals surface area contributed by atoms with Gasteiger partial charge >= 0.3 is 17.8 Å². The summed E-state index contributed by atoms with van der Waals surface area (Å²) in [5.41, 5.74) is -1.15. The van der Waals surface area contributed by atoms with Gasteiger partial charge in [-0.2, -0.15) is 26.3 Å². The Morgan fingerprint density at radius 1 is 0.743 bits per heavy atom. The number of halogens is 6. The van der Waals surface area contributed by atoms with E-state index in [1.807, 2.05) is 0 Å². The number of hydrogen-bond acceptors (Lipinski definition) is 1. The lowest BCUT2D eigenvalue weighted by atomic mass is 9.87. The summed E-state index contributed by atoms with van der Waals surface area (Å²) < 4.78 is 90.6. The van der Waals surface area contributed by atoms with Gasteiger partial charge in [0.25, 0.3) is 0 Å². The second-order valence-corrected chi connectivity index (χ2v) is 9.97. The van der Waals surface area contributed by atoms with Crippen LogP contribution in [-0.2, 0) is 11.8 Å². The summed E-state index contributed by atoms with van der Waals surface area (Å²) >= 11 is 1.15. The van der Waals surface area contributed by atoms with Crippen LogP contribution in [0.5, 0.6) is 0 Å². The monoisotopic (exact) mass is 502 g/mol. The molecular weight excluding hydrogens is 482 g/mol. The smallest absolute Gasteiger partial charge is 0.194 e. The highest BCUT2D eigenvalue weighted by atomic mass is 32.1. The SMILES string of the molecule is CC(C)c1c(/C=C\c2ccccc2)c2c(c3cc(-c4ccccc4)sc13)C(F)(F)C(F)(F)C2(F)F. The number of fused-ring (bicyclic) bond motifs is 3. The maximum atomic E-state index is 15.2. The fourth-order valence-corrected chi connectivity index (χ4v) is 6.08. The zero-order chi connectivity index (χ0) is 25.2. The molecule has 0 atom stereocenters. The topological polar surface area (TPSA) is 0 Å². The Kier molecular flexibility index (Phi) is 5.40. The molecule has 7 heteroatoms. The molecule has 0 fully saturated rings. The maximum absolute atomic E-state index is 15.2. The molecule has 0 nitrogen and oxygen atoms in total. The summed E-state index contributed by atoms with van der Waals surface area (Å²) in [6.45, 7) is 3.48. The van der Waals surface area contributed by atoms with Gasteiger partial charge in [-0.1, -0.05) is 86.7 Å². The number of hydrogen-bond donors (Lipinski definition) is 0.